The van der Waals surface area contributed by atoms with Crippen LogP contribution in [0.2, 0.25) is 0 Å². The molecule has 2 heterocycles. The number of carbonyl (C=O) groups is 2. The molecule has 0 aliphatic carbocycles. The molecule has 162 valence electrons. The summed E-state index contributed by atoms with van der Waals surface area (Å²) < 4.78 is 7.78. The molecule has 0 bridgehead atoms. The van der Waals surface area contributed by atoms with Crippen molar-refractivity contribution < 1.29 is 14.3 Å². The molecule has 0 saturated heterocycles. The fourth-order valence-corrected chi connectivity index (χ4v) is 3.32. The van der Waals surface area contributed by atoms with Crippen LogP contribution in [0.4, 0.5) is 5.69 Å². The van der Waals surface area contributed by atoms with Gasteiger partial charge in [0.1, 0.15) is 18.0 Å². The molecular formula is C25H24N4O3. The first-order chi connectivity index (χ1) is 15.6. The predicted molar refractivity (Wildman–Crippen MR) is 123 cm³/mol. The second-order valence-electron chi connectivity index (χ2n) is 7.51. The summed E-state index contributed by atoms with van der Waals surface area (Å²) in [6.07, 6.45) is 4.02. The number of carbonyl (C=O) groups excluding carboxylic acids is 2. The standard InChI is InChI=1S/C25H24N4O3/c1-18(26-25(31)19-8-3-2-4-9-19)14-24(30)28-20-10-7-11-22(15-20)32-17-21-16-29-13-6-5-12-23(29)27-21/h2-13,15-16,18H,14,17H2,1H3,(H,26,31)(H,28,30). The Kier molecular flexibility index (Phi) is 6.46. The Morgan fingerprint density at radius 3 is 2.66 bits per heavy atom. The maximum Gasteiger partial charge on any atom is 0.251 e. The molecule has 32 heavy (non-hydrogen) atoms. The van der Waals surface area contributed by atoms with Gasteiger partial charge in [-0.3, -0.25) is 9.59 Å². The molecule has 0 aliphatic heterocycles. The van der Waals surface area contributed by atoms with Gasteiger partial charge in [-0.05, 0) is 43.3 Å². The first-order valence-corrected chi connectivity index (χ1v) is 10.4. The van der Waals surface area contributed by atoms with Crippen molar-refractivity contribution in [1.29, 1.82) is 0 Å². The van der Waals surface area contributed by atoms with Crippen molar-refractivity contribution in [1.82, 2.24) is 14.7 Å². The van der Waals surface area contributed by atoms with E-state index in [4.69, 9.17) is 4.74 Å². The van der Waals surface area contributed by atoms with Crippen LogP contribution in [0, 0.1) is 0 Å². The van der Waals surface area contributed by atoms with Gasteiger partial charge < -0.3 is 19.8 Å². The number of imidazole rings is 1. The van der Waals surface area contributed by atoms with E-state index in [1.165, 1.54) is 0 Å². The van der Waals surface area contributed by atoms with E-state index in [1.54, 1.807) is 43.3 Å². The number of aromatic nitrogens is 2. The zero-order valence-electron chi connectivity index (χ0n) is 17.7. The van der Waals surface area contributed by atoms with Gasteiger partial charge in [0.05, 0.1) is 5.69 Å². The third kappa shape index (κ3) is 5.51. The summed E-state index contributed by atoms with van der Waals surface area (Å²) in [7, 11) is 0. The number of anilines is 1. The molecule has 2 aromatic carbocycles. The van der Waals surface area contributed by atoms with Gasteiger partial charge in [0.25, 0.3) is 5.91 Å². The topological polar surface area (TPSA) is 84.7 Å². The monoisotopic (exact) mass is 428 g/mol. The number of rotatable bonds is 8. The van der Waals surface area contributed by atoms with Gasteiger partial charge in [-0.1, -0.05) is 30.3 Å². The average molecular weight is 428 g/mol. The van der Waals surface area contributed by atoms with Crippen LogP contribution in [0.3, 0.4) is 0 Å². The van der Waals surface area contributed by atoms with Gasteiger partial charge in [0.15, 0.2) is 0 Å². The van der Waals surface area contributed by atoms with Crippen LogP contribution in [-0.2, 0) is 11.4 Å². The average Bonchev–Trinajstić information content (AvgIpc) is 3.21. The van der Waals surface area contributed by atoms with E-state index in [0.29, 0.717) is 23.6 Å². The molecule has 4 rings (SSSR count). The van der Waals surface area contributed by atoms with Crippen LogP contribution in [0.15, 0.2) is 85.2 Å². The lowest BCUT2D eigenvalue weighted by Gasteiger charge is -2.14. The highest BCUT2D eigenvalue weighted by Crippen LogP contribution is 2.19. The first kappa shape index (κ1) is 21.1. The molecule has 0 spiro atoms. The van der Waals surface area contributed by atoms with Crippen molar-refractivity contribution >= 4 is 23.1 Å². The highest BCUT2D eigenvalue weighted by Gasteiger charge is 2.13. The first-order valence-electron chi connectivity index (χ1n) is 10.4. The van der Waals surface area contributed by atoms with Crippen LogP contribution in [0.25, 0.3) is 5.65 Å². The zero-order chi connectivity index (χ0) is 22.3. The highest BCUT2D eigenvalue weighted by molar-refractivity contribution is 5.95. The van der Waals surface area contributed by atoms with Gasteiger partial charge >= 0.3 is 0 Å². The maximum absolute atomic E-state index is 12.4. The lowest BCUT2D eigenvalue weighted by molar-refractivity contribution is -0.116. The minimum absolute atomic E-state index is 0.158. The lowest BCUT2D eigenvalue weighted by Crippen LogP contribution is -2.35. The minimum Gasteiger partial charge on any atom is -0.487 e. The Hall–Kier alpha value is -4.13. The number of hydrogen-bond acceptors (Lipinski definition) is 4. The molecular weight excluding hydrogens is 404 g/mol. The number of pyridine rings is 1. The number of ether oxygens (including phenoxy) is 1. The largest absolute Gasteiger partial charge is 0.487 e. The number of nitrogens with one attached hydrogen (secondary N) is 2. The summed E-state index contributed by atoms with van der Waals surface area (Å²) in [5.74, 6) is 0.238. The van der Waals surface area contributed by atoms with Crippen LogP contribution >= 0.6 is 0 Å². The fourth-order valence-electron chi connectivity index (χ4n) is 3.32. The second kappa shape index (κ2) is 9.78. The van der Waals surface area contributed by atoms with Gasteiger partial charge in [-0.2, -0.15) is 0 Å². The molecule has 7 nitrogen and oxygen atoms in total. The molecule has 1 unspecified atom stereocenters. The molecule has 2 aromatic heterocycles. The van der Waals surface area contributed by atoms with E-state index in [0.717, 1.165) is 11.3 Å². The third-order valence-electron chi connectivity index (χ3n) is 4.82. The molecule has 2 N–H and O–H groups in total. The number of hydrogen-bond donors (Lipinski definition) is 2. The SMILES string of the molecule is CC(CC(=O)Nc1cccc(OCc2cn3ccccc3n2)c1)NC(=O)c1ccccc1. The predicted octanol–water partition coefficient (Wildman–Crippen LogP) is 4.06. The van der Waals surface area contributed by atoms with E-state index in [1.807, 2.05) is 53.2 Å². The van der Waals surface area contributed by atoms with Gasteiger partial charge in [-0.15, -0.1) is 0 Å². The summed E-state index contributed by atoms with van der Waals surface area (Å²) in [6.45, 7) is 2.12. The zero-order valence-corrected chi connectivity index (χ0v) is 17.7. The summed E-state index contributed by atoms with van der Waals surface area (Å²) >= 11 is 0. The molecule has 4 aromatic rings. The number of amides is 2. The van der Waals surface area contributed by atoms with E-state index >= 15 is 0 Å². The number of fused-ring (bicyclic) bond motifs is 1. The summed E-state index contributed by atoms with van der Waals surface area (Å²) in [5, 5.41) is 5.70. The quantitative estimate of drug-likeness (QED) is 0.443. The Morgan fingerprint density at radius 1 is 1.03 bits per heavy atom. The molecule has 0 aliphatic rings. The van der Waals surface area contributed by atoms with Crippen molar-refractivity contribution in [2.24, 2.45) is 0 Å². The summed E-state index contributed by atoms with van der Waals surface area (Å²) in [5.41, 5.74) is 2.87. The summed E-state index contributed by atoms with van der Waals surface area (Å²) in [4.78, 5) is 29.1. The molecule has 0 saturated carbocycles. The van der Waals surface area contributed by atoms with Crippen LogP contribution < -0.4 is 15.4 Å². The van der Waals surface area contributed by atoms with Gasteiger partial charge in [-0.25, -0.2) is 4.98 Å². The Morgan fingerprint density at radius 2 is 1.84 bits per heavy atom. The van der Waals surface area contributed by atoms with Crippen LogP contribution in [-0.4, -0.2) is 27.2 Å². The van der Waals surface area contributed by atoms with Crippen molar-refractivity contribution in [3.63, 3.8) is 0 Å². The lowest BCUT2D eigenvalue weighted by atomic mass is 10.1. The van der Waals surface area contributed by atoms with E-state index < -0.39 is 0 Å². The Balaban J connectivity index is 1.29. The van der Waals surface area contributed by atoms with E-state index in [2.05, 4.69) is 15.6 Å². The number of benzene rings is 2. The van der Waals surface area contributed by atoms with Crippen molar-refractivity contribution in [2.45, 2.75) is 26.0 Å². The molecule has 2 amide bonds. The Labute approximate surface area is 186 Å². The minimum atomic E-state index is -0.308. The van der Waals surface area contributed by atoms with Crippen LogP contribution in [0.5, 0.6) is 5.75 Å². The maximum atomic E-state index is 12.4. The van der Waals surface area contributed by atoms with Crippen molar-refractivity contribution in [2.75, 3.05) is 5.32 Å². The molecule has 7 heteroatoms. The summed E-state index contributed by atoms with van der Waals surface area (Å²) in [6, 6.07) is 21.6. The fraction of sp³-hybridized carbons (Fsp3) is 0.160. The third-order valence-corrected chi connectivity index (χ3v) is 4.82. The number of nitrogens with zero attached hydrogens (tertiary/aromatic N) is 2. The smallest absolute Gasteiger partial charge is 0.251 e. The van der Waals surface area contributed by atoms with E-state index in [9.17, 15) is 9.59 Å². The van der Waals surface area contributed by atoms with Crippen molar-refractivity contribution in [3.05, 3.63) is 96.4 Å². The highest BCUT2D eigenvalue weighted by atomic mass is 16.5. The molecule has 0 fully saturated rings. The van der Waals surface area contributed by atoms with Crippen LogP contribution in [0.1, 0.15) is 29.4 Å². The molecule has 1 atom stereocenters. The van der Waals surface area contributed by atoms with Gasteiger partial charge in [0.2, 0.25) is 5.91 Å². The van der Waals surface area contributed by atoms with Gasteiger partial charge in [0, 0.05) is 42.2 Å². The Bertz CT molecular complexity index is 1190. The van der Waals surface area contributed by atoms with Crippen molar-refractivity contribution in [3.8, 4) is 5.75 Å². The molecule has 0 radical (unpaired) electrons. The second-order valence-corrected chi connectivity index (χ2v) is 7.51. The van der Waals surface area contributed by atoms with E-state index in [-0.39, 0.29) is 24.3 Å². The normalized spacial score (nSPS) is 11.7.